The molecule has 3 aromatic heterocycles. The van der Waals surface area contributed by atoms with E-state index in [-0.39, 0.29) is 6.04 Å². The highest BCUT2D eigenvalue weighted by Crippen LogP contribution is 2.33. The number of rotatable bonds is 2. The Morgan fingerprint density at radius 2 is 2.09 bits per heavy atom. The van der Waals surface area contributed by atoms with Crippen molar-refractivity contribution in [2.24, 2.45) is 0 Å². The van der Waals surface area contributed by atoms with Gasteiger partial charge in [0.2, 0.25) is 5.89 Å². The van der Waals surface area contributed by atoms with Gasteiger partial charge in [-0.1, -0.05) is 18.0 Å². The number of nitrogens with zero attached hydrogens (tertiary/aromatic N) is 7. The number of aromatic nitrogens is 6. The quantitative estimate of drug-likeness (QED) is 0.717. The summed E-state index contributed by atoms with van der Waals surface area (Å²) >= 11 is 0. The van der Waals surface area contributed by atoms with Gasteiger partial charge in [-0.2, -0.15) is 19.6 Å². The second kappa shape index (κ2) is 5.60. The number of aryl methyl sites for hydroxylation is 2. The minimum absolute atomic E-state index is 0.0872. The molecule has 4 heterocycles. The topological polar surface area (TPSA) is 85.2 Å². The van der Waals surface area contributed by atoms with E-state index in [1.807, 2.05) is 19.9 Å². The summed E-state index contributed by atoms with van der Waals surface area (Å²) in [5, 5.41) is 8.49. The van der Waals surface area contributed by atoms with Crippen molar-refractivity contribution in [3.8, 4) is 0 Å². The third kappa shape index (κ3) is 2.54. The molecular weight excluding hydrogens is 294 g/mol. The zero-order valence-electron chi connectivity index (χ0n) is 13.3. The molecule has 8 heteroatoms. The van der Waals surface area contributed by atoms with E-state index in [1.54, 1.807) is 4.52 Å². The maximum atomic E-state index is 5.20. The molecule has 0 bridgehead atoms. The molecule has 1 aliphatic rings. The average Bonchev–Trinajstić information content (AvgIpc) is 3.09. The van der Waals surface area contributed by atoms with Crippen molar-refractivity contribution in [2.45, 2.75) is 45.6 Å². The molecule has 1 fully saturated rings. The molecule has 0 radical (unpaired) electrons. The number of hydrogen-bond donors (Lipinski definition) is 0. The zero-order valence-corrected chi connectivity index (χ0v) is 13.3. The van der Waals surface area contributed by atoms with Crippen LogP contribution in [0.15, 0.2) is 16.9 Å². The number of anilines is 1. The van der Waals surface area contributed by atoms with Gasteiger partial charge >= 0.3 is 0 Å². The predicted molar refractivity (Wildman–Crippen MR) is 83.1 cm³/mol. The predicted octanol–water partition coefficient (Wildman–Crippen LogP) is 2.25. The molecular formula is C15H19N7O. The van der Waals surface area contributed by atoms with E-state index in [4.69, 9.17) is 4.52 Å². The lowest BCUT2D eigenvalue weighted by Crippen LogP contribution is -2.31. The first-order valence-corrected chi connectivity index (χ1v) is 7.96. The van der Waals surface area contributed by atoms with E-state index >= 15 is 0 Å². The molecule has 8 nitrogen and oxygen atoms in total. The molecule has 23 heavy (non-hydrogen) atoms. The van der Waals surface area contributed by atoms with Crippen molar-refractivity contribution < 1.29 is 4.52 Å². The van der Waals surface area contributed by atoms with E-state index in [9.17, 15) is 0 Å². The monoisotopic (exact) mass is 313 g/mol. The van der Waals surface area contributed by atoms with Gasteiger partial charge in [-0.3, -0.25) is 0 Å². The minimum atomic E-state index is 0.0872. The molecule has 0 unspecified atom stereocenters. The van der Waals surface area contributed by atoms with Gasteiger partial charge in [-0.25, -0.2) is 4.98 Å². The van der Waals surface area contributed by atoms with Crippen LogP contribution in [0.5, 0.6) is 0 Å². The van der Waals surface area contributed by atoms with Crippen molar-refractivity contribution >= 4 is 11.6 Å². The van der Waals surface area contributed by atoms with E-state index in [0.717, 1.165) is 43.1 Å². The highest BCUT2D eigenvalue weighted by atomic mass is 16.5. The van der Waals surface area contributed by atoms with Gasteiger partial charge in [0.1, 0.15) is 12.1 Å². The molecule has 0 aromatic carbocycles. The molecule has 1 aliphatic heterocycles. The first kappa shape index (κ1) is 14.1. The third-order valence-corrected chi connectivity index (χ3v) is 4.25. The number of hydrogen-bond acceptors (Lipinski definition) is 7. The van der Waals surface area contributed by atoms with Crippen LogP contribution in [0.25, 0.3) is 5.78 Å². The maximum Gasteiger partial charge on any atom is 0.254 e. The molecule has 0 amide bonds. The maximum absolute atomic E-state index is 5.20. The van der Waals surface area contributed by atoms with Crippen molar-refractivity contribution in [3.05, 3.63) is 29.8 Å². The molecule has 120 valence electrons. The summed E-state index contributed by atoms with van der Waals surface area (Å²) in [7, 11) is 0. The van der Waals surface area contributed by atoms with Crippen molar-refractivity contribution in [1.82, 2.24) is 29.7 Å². The normalized spacial score (nSPS) is 19.2. The van der Waals surface area contributed by atoms with Gasteiger partial charge in [0.25, 0.3) is 5.78 Å². The first-order valence-electron chi connectivity index (χ1n) is 7.96. The molecule has 0 N–H and O–H groups in total. The van der Waals surface area contributed by atoms with Crippen molar-refractivity contribution in [3.63, 3.8) is 0 Å². The molecule has 1 saturated heterocycles. The van der Waals surface area contributed by atoms with Crippen LogP contribution in [0.3, 0.4) is 0 Å². The fraction of sp³-hybridized carbons (Fsp3) is 0.533. The Morgan fingerprint density at radius 3 is 2.91 bits per heavy atom. The first-order chi connectivity index (χ1) is 11.2. The van der Waals surface area contributed by atoms with E-state index in [1.165, 1.54) is 12.7 Å². The summed E-state index contributed by atoms with van der Waals surface area (Å²) in [6.07, 6.45) is 6.02. The molecule has 0 saturated carbocycles. The van der Waals surface area contributed by atoms with E-state index in [0.29, 0.717) is 11.7 Å². The van der Waals surface area contributed by atoms with Crippen LogP contribution < -0.4 is 4.90 Å². The Kier molecular flexibility index (Phi) is 3.44. The second-order valence-electron chi connectivity index (χ2n) is 5.96. The van der Waals surface area contributed by atoms with Crippen LogP contribution in [0, 0.1) is 13.8 Å². The Bertz CT molecular complexity index is 824. The largest absolute Gasteiger partial charge is 0.346 e. The van der Waals surface area contributed by atoms with Crippen LogP contribution in [0.1, 0.15) is 49.1 Å². The molecule has 0 spiro atoms. The Balaban J connectivity index is 1.83. The second-order valence-corrected chi connectivity index (χ2v) is 5.96. The standard InChI is InChI=1S/C15H19N7O/c1-10-8-13(22-15(18-10)16-9-17-22)21-7-5-3-4-6-12(21)14-19-11(2)23-20-14/h8-9,12H,3-7H2,1-2H3/t12-/m0/s1. The summed E-state index contributed by atoms with van der Waals surface area (Å²) in [6, 6.07) is 2.14. The lowest BCUT2D eigenvalue weighted by atomic mass is 10.1. The highest BCUT2D eigenvalue weighted by Gasteiger charge is 2.29. The average molecular weight is 313 g/mol. The summed E-state index contributed by atoms with van der Waals surface area (Å²) < 4.78 is 6.99. The fourth-order valence-electron chi connectivity index (χ4n) is 3.22. The van der Waals surface area contributed by atoms with Crippen molar-refractivity contribution in [1.29, 1.82) is 0 Å². The van der Waals surface area contributed by atoms with Crippen LogP contribution in [0.2, 0.25) is 0 Å². The Labute approximate surface area is 133 Å². The van der Waals surface area contributed by atoms with Gasteiger partial charge in [0.05, 0.1) is 6.04 Å². The molecule has 1 atom stereocenters. The van der Waals surface area contributed by atoms with E-state index in [2.05, 4.69) is 30.1 Å². The van der Waals surface area contributed by atoms with Crippen LogP contribution in [-0.2, 0) is 0 Å². The Hall–Kier alpha value is -2.51. The van der Waals surface area contributed by atoms with Gasteiger partial charge < -0.3 is 9.42 Å². The van der Waals surface area contributed by atoms with Crippen molar-refractivity contribution in [2.75, 3.05) is 11.4 Å². The highest BCUT2D eigenvalue weighted by molar-refractivity contribution is 5.48. The molecule has 0 aliphatic carbocycles. The minimum Gasteiger partial charge on any atom is -0.346 e. The van der Waals surface area contributed by atoms with Gasteiger partial charge in [-0.05, 0) is 19.8 Å². The lowest BCUT2D eigenvalue weighted by Gasteiger charge is -2.29. The van der Waals surface area contributed by atoms with Crippen LogP contribution in [-0.4, -0.2) is 36.3 Å². The van der Waals surface area contributed by atoms with Gasteiger partial charge in [-0.15, -0.1) is 0 Å². The van der Waals surface area contributed by atoms with E-state index < -0.39 is 0 Å². The SMILES string of the molecule is Cc1cc(N2CCCCC[C@H]2c2noc(C)n2)n2ncnc2n1. The van der Waals surface area contributed by atoms with Crippen LogP contribution in [0.4, 0.5) is 5.82 Å². The Morgan fingerprint density at radius 1 is 1.17 bits per heavy atom. The zero-order chi connectivity index (χ0) is 15.8. The summed E-state index contributed by atoms with van der Waals surface area (Å²) in [5.41, 5.74) is 0.924. The fourth-order valence-corrected chi connectivity index (χ4v) is 3.22. The van der Waals surface area contributed by atoms with Crippen LogP contribution >= 0.6 is 0 Å². The molecule has 3 aromatic rings. The molecule has 4 rings (SSSR count). The van der Waals surface area contributed by atoms with Gasteiger partial charge in [0, 0.05) is 25.2 Å². The van der Waals surface area contributed by atoms with Gasteiger partial charge in [0.15, 0.2) is 5.82 Å². The number of fused-ring (bicyclic) bond motifs is 1. The smallest absolute Gasteiger partial charge is 0.254 e. The summed E-state index contributed by atoms with van der Waals surface area (Å²) in [6.45, 7) is 4.73. The summed E-state index contributed by atoms with van der Waals surface area (Å²) in [5.74, 6) is 2.94. The third-order valence-electron chi connectivity index (χ3n) is 4.25. The summed E-state index contributed by atoms with van der Waals surface area (Å²) in [4.78, 5) is 15.4. The lowest BCUT2D eigenvalue weighted by molar-refractivity contribution is 0.380.